The van der Waals surface area contributed by atoms with Crippen LogP contribution in [0.4, 0.5) is 11.4 Å². The van der Waals surface area contributed by atoms with Gasteiger partial charge in [-0.1, -0.05) is 37.3 Å². The van der Waals surface area contributed by atoms with Gasteiger partial charge in [0.2, 0.25) is 6.04 Å². The maximum absolute atomic E-state index is 13.4. The van der Waals surface area contributed by atoms with Gasteiger partial charge >= 0.3 is 0 Å². The summed E-state index contributed by atoms with van der Waals surface area (Å²) in [5.41, 5.74) is 7.32. The van der Waals surface area contributed by atoms with E-state index in [1.165, 1.54) is 26.2 Å². The molecule has 0 bridgehead atoms. The minimum atomic E-state index is -1.46. The summed E-state index contributed by atoms with van der Waals surface area (Å²) in [5, 5.41) is 21.3. The van der Waals surface area contributed by atoms with Crippen LogP contribution in [0, 0.1) is 0 Å². The molecule has 1 atom stereocenters. The number of hydroxylamine groups is 2. The number of anilines is 1. The van der Waals surface area contributed by atoms with Crippen LogP contribution in [-0.4, -0.2) is 56.7 Å². The summed E-state index contributed by atoms with van der Waals surface area (Å²) in [6, 6.07) is 7.32. The molecule has 0 aromatic heterocycles. The number of nitrogens with one attached hydrogen (secondary N) is 3. The number of rotatable bonds is 17. The van der Waals surface area contributed by atoms with E-state index in [0.29, 0.717) is 11.3 Å². The zero-order chi connectivity index (χ0) is 33.2. The van der Waals surface area contributed by atoms with E-state index < -0.39 is 28.9 Å². The van der Waals surface area contributed by atoms with E-state index in [9.17, 15) is 14.7 Å². The third-order valence-corrected chi connectivity index (χ3v) is 8.75. The normalized spacial score (nSPS) is 17.6. The molecule has 2 aromatic rings. The van der Waals surface area contributed by atoms with Crippen molar-refractivity contribution in [3.8, 4) is 5.75 Å². The standard InChI is InChI=1S/C32H42ClN7O6/c1-21(42)29(30(43)38-27-13-22(18-41)26(33)17-28(27)44-4)40-39-25-15-23(31(9-5-6-10-31)45-36-19-34-2)14-24(16-25)32(11-7-8-12-32)46-37-20-35-3/h13-17,29,36-37,41H,2-3,5-12,18-20H2,1,4H3,(H,38,43)/b40-39-. The van der Waals surface area contributed by atoms with Crippen LogP contribution in [0.5, 0.6) is 5.75 Å². The molecule has 2 aliphatic carbocycles. The molecule has 0 saturated heterocycles. The maximum Gasteiger partial charge on any atom is 0.258 e. The average Bonchev–Trinajstić information content (AvgIpc) is 3.73. The van der Waals surface area contributed by atoms with Crippen molar-refractivity contribution < 1.29 is 29.1 Å². The van der Waals surface area contributed by atoms with Crippen molar-refractivity contribution in [2.75, 3.05) is 25.8 Å². The highest BCUT2D eigenvalue weighted by atomic mass is 35.5. The third kappa shape index (κ3) is 8.21. The Morgan fingerprint density at radius 3 is 1.93 bits per heavy atom. The molecule has 0 heterocycles. The molecule has 2 aromatic carbocycles. The van der Waals surface area contributed by atoms with Gasteiger partial charge in [-0.3, -0.25) is 29.2 Å². The monoisotopic (exact) mass is 655 g/mol. The molecule has 248 valence electrons. The lowest BCUT2D eigenvalue weighted by Crippen LogP contribution is -2.36. The Morgan fingerprint density at radius 1 is 0.935 bits per heavy atom. The van der Waals surface area contributed by atoms with Gasteiger partial charge < -0.3 is 15.2 Å². The summed E-state index contributed by atoms with van der Waals surface area (Å²) in [5.74, 6) is -0.969. The number of ketones is 1. The van der Waals surface area contributed by atoms with Gasteiger partial charge in [0.25, 0.3) is 5.91 Å². The quantitative estimate of drug-likeness (QED) is 0.0576. The lowest BCUT2D eigenvalue weighted by atomic mass is 9.85. The molecule has 0 radical (unpaired) electrons. The third-order valence-electron chi connectivity index (χ3n) is 8.40. The second kappa shape index (κ2) is 16.3. The lowest BCUT2D eigenvalue weighted by Gasteiger charge is -2.33. The molecule has 14 heteroatoms. The molecule has 2 saturated carbocycles. The van der Waals surface area contributed by atoms with E-state index in [0.717, 1.165) is 62.5 Å². The first-order chi connectivity index (χ1) is 22.2. The van der Waals surface area contributed by atoms with Crippen molar-refractivity contribution in [1.82, 2.24) is 11.0 Å². The van der Waals surface area contributed by atoms with E-state index in [1.54, 1.807) is 0 Å². The number of hydrogen-bond donors (Lipinski definition) is 4. The molecule has 0 aliphatic heterocycles. The zero-order valence-electron chi connectivity index (χ0n) is 26.3. The summed E-state index contributed by atoms with van der Waals surface area (Å²) in [6.07, 6.45) is 6.94. The van der Waals surface area contributed by atoms with Crippen LogP contribution in [0.3, 0.4) is 0 Å². The first kappa shape index (κ1) is 35.3. The fourth-order valence-electron chi connectivity index (χ4n) is 6.05. The highest BCUT2D eigenvalue weighted by Crippen LogP contribution is 2.47. The van der Waals surface area contributed by atoms with Gasteiger partial charge in [-0.05, 0) is 87.0 Å². The van der Waals surface area contributed by atoms with Crippen molar-refractivity contribution in [3.05, 3.63) is 52.0 Å². The summed E-state index contributed by atoms with van der Waals surface area (Å²) < 4.78 is 5.34. The Hall–Kier alpha value is -3.59. The summed E-state index contributed by atoms with van der Waals surface area (Å²) in [7, 11) is 1.42. The number of methoxy groups -OCH3 is 1. The van der Waals surface area contributed by atoms with E-state index in [2.05, 4.69) is 56.0 Å². The van der Waals surface area contributed by atoms with E-state index in [-0.39, 0.29) is 36.4 Å². The number of nitrogens with zero attached hydrogens (tertiary/aromatic N) is 4. The number of aliphatic hydroxyl groups is 1. The summed E-state index contributed by atoms with van der Waals surface area (Å²) in [6.45, 7) is 8.42. The first-order valence-corrected chi connectivity index (χ1v) is 15.6. The van der Waals surface area contributed by atoms with E-state index in [4.69, 9.17) is 26.0 Å². The minimum absolute atomic E-state index is 0.229. The Balaban J connectivity index is 1.73. The lowest BCUT2D eigenvalue weighted by molar-refractivity contribution is -0.126. The smallest absolute Gasteiger partial charge is 0.258 e. The van der Waals surface area contributed by atoms with Gasteiger partial charge in [0, 0.05) is 11.1 Å². The Kier molecular flexibility index (Phi) is 12.5. The Bertz CT molecular complexity index is 1390. The molecule has 2 fully saturated rings. The molecule has 2 aliphatic rings. The fourth-order valence-corrected chi connectivity index (χ4v) is 6.26. The number of azo groups is 1. The van der Waals surface area contributed by atoms with Crippen molar-refractivity contribution in [1.29, 1.82) is 0 Å². The average molecular weight is 656 g/mol. The highest BCUT2D eigenvalue weighted by Gasteiger charge is 2.42. The topological polar surface area (TPSA) is 168 Å². The highest BCUT2D eigenvalue weighted by molar-refractivity contribution is 6.31. The predicted molar refractivity (Wildman–Crippen MR) is 176 cm³/mol. The van der Waals surface area contributed by atoms with E-state index in [1.807, 2.05) is 12.1 Å². The van der Waals surface area contributed by atoms with Crippen LogP contribution in [-0.2, 0) is 37.1 Å². The van der Waals surface area contributed by atoms with Crippen LogP contribution in [0.15, 0.2) is 50.5 Å². The zero-order valence-corrected chi connectivity index (χ0v) is 27.1. The molecular formula is C32H42ClN7O6. The number of carbonyl (C=O) groups excluding carboxylic acids is 2. The molecule has 1 unspecified atom stereocenters. The Morgan fingerprint density at radius 2 is 1.48 bits per heavy atom. The number of amides is 1. The molecule has 0 spiro atoms. The number of aliphatic hydroxyl groups excluding tert-OH is 1. The molecule has 4 N–H and O–H groups in total. The van der Waals surface area contributed by atoms with Crippen molar-refractivity contribution in [3.63, 3.8) is 0 Å². The number of benzene rings is 2. The van der Waals surface area contributed by atoms with Crippen LogP contribution in [0.1, 0.15) is 75.0 Å². The molecule has 46 heavy (non-hydrogen) atoms. The van der Waals surface area contributed by atoms with Crippen LogP contribution in [0.25, 0.3) is 0 Å². The largest absolute Gasteiger partial charge is 0.495 e. The Labute approximate surface area is 273 Å². The maximum atomic E-state index is 13.4. The van der Waals surface area contributed by atoms with Gasteiger partial charge in [0.05, 0.1) is 25.1 Å². The van der Waals surface area contributed by atoms with Gasteiger partial charge in [-0.15, -0.1) is 0 Å². The second-order valence-electron chi connectivity index (χ2n) is 11.4. The van der Waals surface area contributed by atoms with Gasteiger partial charge in [0.15, 0.2) is 5.78 Å². The first-order valence-electron chi connectivity index (χ1n) is 15.2. The van der Waals surface area contributed by atoms with Gasteiger partial charge in [-0.2, -0.15) is 21.2 Å². The number of hydrogen-bond acceptors (Lipinski definition) is 12. The van der Waals surface area contributed by atoms with Crippen LogP contribution in [0.2, 0.25) is 5.02 Å². The van der Waals surface area contributed by atoms with Gasteiger partial charge in [0.1, 0.15) is 30.3 Å². The molecular weight excluding hydrogens is 614 g/mol. The van der Waals surface area contributed by atoms with Crippen LogP contribution < -0.4 is 21.0 Å². The fraction of sp³-hybridized carbons (Fsp3) is 0.500. The summed E-state index contributed by atoms with van der Waals surface area (Å²) in [4.78, 5) is 46.2. The molecule has 4 rings (SSSR count). The van der Waals surface area contributed by atoms with E-state index >= 15 is 0 Å². The van der Waals surface area contributed by atoms with Crippen molar-refractivity contribution >= 4 is 48.1 Å². The number of ether oxygens (including phenoxy) is 1. The summed E-state index contributed by atoms with van der Waals surface area (Å²) >= 11 is 6.18. The van der Waals surface area contributed by atoms with Gasteiger partial charge in [-0.25, -0.2) is 0 Å². The number of Topliss-reactive ketones (excluding diaryl/α,β-unsaturated/α-hetero) is 1. The number of aliphatic imine (C=N–C) groups is 2. The SMILES string of the molecule is C=NCNOC1(c2cc(/N=N\C(C(C)=O)C(=O)Nc3cc(CO)c(Cl)cc3OC)cc(C3(ONCN=C)CCCC3)c2)CCCC1. The predicted octanol–water partition coefficient (Wildman–Crippen LogP) is 5.42. The van der Waals surface area contributed by atoms with Crippen molar-refractivity contribution in [2.24, 2.45) is 20.2 Å². The molecule has 1 amide bonds. The molecule has 13 nitrogen and oxygen atoms in total. The number of carbonyl (C=O) groups is 2. The number of halogens is 1. The second-order valence-corrected chi connectivity index (χ2v) is 11.9. The van der Waals surface area contributed by atoms with Crippen LogP contribution >= 0.6 is 11.6 Å². The minimum Gasteiger partial charge on any atom is -0.495 e. The van der Waals surface area contributed by atoms with Crippen molar-refractivity contribution in [2.45, 2.75) is 82.1 Å².